The molecule has 1 nitrogen and oxygen atoms in total. The van der Waals surface area contributed by atoms with E-state index in [0.717, 1.165) is 25.9 Å². The molecule has 1 aliphatic heterocycles. The molecule has 0 aromatic carbocycles. The van der Waals surface area contributed by atoms with Gasteiger partial charge in [-0.1, -0.05) is 13.8 Å². The van der Waals surface area contributed by atoms with Crippen molar-refractivity contribution in [1.29, 1.82) is 0 Å². The van der Waals surface area contributed by atoms with Crippen molar-refractivity contribution < 1.29 is 13.2 Å². The Morgan fingerprint density at radius 1 is 1.36 bits per heavy atom. The lowest BCUT2D eigenvalue weighted by Crippen LogP contribution is -2.28. The van der Waals surface area contributed by atoms with Gasteiger partial charge in [-0.05, 0) is 24.8 Å². The van der Waals surface area contributed by atoms with E-state index in [1.807, 2.05) is 4.90 Å². The zero-order valence-electron chi connectivity index (χ0n) is 8.82. The Morgan fingerprint density at radius 3 is 2.43 bits per heavy atom. The fourth-order valence-corrected chi connectivity index (χ4v) is 1.89. The highest BCUT2D eigenvalue weighted by Gasteiger charge is 2.34. The van der Waals surface area contributed by atoms with E-state index in [-0.39, 0.29) is 12.0 Å². The first-order valence-electron chi connectivity index (χ1n) is 5.14. The average molecular weight is 209 g/mol. The zero-order chi connectivity index (χ0) is 10.8. The standard InChI is InChI=1S/C10H18F3N/c1-3-9(2)4-6-14(8-9)7-5-10(11,12)13/h3-8H2,1-2H3. The number of halogens is 3. The van der Waals surface area contributed by atoms with Gasteiger partial charge in [0.2, 0.25) is 0 Å². The highest BCUT2D eigenvalue weighted by molar-refractivity contribution is 4.85. The summed E-state index contributed by atoms with van der Waals surface area (Å²) in [5.74, 6) is 0. The van der Waals surface area contributed by atoms with Crippen molar-refractivity contribution >= 4 is 0 Å². The normalized spacial score (nSPS) is 29.8. The molecule has 0 spiro atoms. The molecule has 0 aromatic rings. The van der Waals surface area contributed by atoms with Gasteiger partial charge in [0.25, 0.3) is 0 Å². The van der Waals surface area contributed by atoms with Crippen LogP contribution in [0.25, 0.3) is 0 Å². The molecule has 1 fully saturated rings. The Hall–Kier alpha value is -0.250. The molecule has 84 valence electrons. The van der Waals surface area contributed by atoms with Crippen molar-refractivity contribution in [2.75, 3.05) is 19.6 Å². The largest absolute Gasteiger partial charge is 0.390 e. The van der Waals surface area contributed by atoms with E-state index in [9.17, 15) is 13.2 Å². The monoisotopic (exact) mass is 209 g/mol. The first kappa shape index (κ1) is 11.8. The van der Waals surface area contributed by atoms with Crippen molar-refractivity contribution in [3.8, 4) is 0 Å². The molecular weight excluding hydrogens is 191 g/mol. The lowest BCUT2D eigenvalue weighted by atomic mass is 9.87. The number of rotatable bonds is 3. The molecule has 1 aliphatic rings. The smallest absolute Gasteiger partial charge is 0.302 e. The van der Waals surface area contributed by atoms with Crippen LogP contribution in [0, 0.1) is 5.41 Å². The van der Waals surface area contributed by atoms with E-state index >= 15 is 0 Å². The molecule has 0 aliphatic carbocycles. The highest BCUT2D eigenvalue weighted by atomic mass is 19.4. The molecule has 1 atom stereocenters. The first-order valence-corrected chi connectivity index (χ1v) is 5.14. The lowest BCUT2D eigenvalue weighted by molar-refractivity contribution is -0.137. The second-order valence-corrected chi connectivity index (χ2v) is 4.56. The number of alkyl halides is 3. The van der Waals surface area contributed by atoms with Gasteiger partial charge >= 0.3 is 6.18 Å². The molecule has 1 heterocycles. The van der Waals surface area contributed by atoms with Crippen molar-refractivity contribution in [3.63, 3.8) is 0 Å². The second-order valence-electron chi connectivity index (χ2n) is 4.56. The SMILES string of the molecule is CCC1(C)CCN(CCC(F)(F)F)C1. The fraction of sp³-hybridized carbons (Fsp3) is 1.00. The van der Waals surface area contributed by atoms with Crippen LogP contribution in [0.5, 0.6) is 0 Å². The van der Waals surface area contributed by atoms with Gasteiger partial charge in [0.05, 0.1) is 6.42 Å². The molecule has 4 heteroatoms. The maximum absolute atomic E-state index is 12.0. The van der Waals surface area contributed by atoms with Gasteiger partial charge in [0.15, 0.2) is 0 Å². The van der Waals surface area contributed by atoms with Crippen LogP contribution in [-0.2, 0) is 0 Å². The van der Waals surface area contributed by atoms with Gasteiger partial charge in [0.1, 0.15) is 0 Å². The molecule has 0 amide bonds. The molecule has 0 aromatic heterocycles. The Morgan fingerprint density at radius 2 is 2.00 bits per heavy atom. The zero-order valence-corrected chi connectivity index (χ0v) is 8.82. The van der Waals surface area contributed by atoms with E-state index in [4.69, 9.17) is 0 Å². The van der Waals surface area contributed by atoms with Crippen LogP contribution >= 0.6 is 0 Å². The van der Waals surface area contributed by atoms with E-state index in [2.05, 4.69) is 13.8 Å². The van der Waals surface area contributed by atoms with Crippen molar-refractivity contribution in [3.05, 3.63) is 0 Å². The van der Waals surface area contributed by atoms with Crippen molar-refractivity contribution in [2.24, 2.45) is 5.41 Å². The van der Waals surface area contributed by atoms with E-state index in [1.165, 1.54) is 0 Å². The maximum Gasteiger partial charge on any atom is 0.390 e. The molecule has 1 rings (SSSR count). The van der Waals surface area contributed by atoms with Crippen LogP contribution in [0.2, 0.25) is 0 Å². The van der Waals surface area contributed by atoms with Gasteiger partial charge in [-0.15, -0.1) is 0 Å². The van der Waals surface area contributed by atoms with Crippen LogP contribution in [0.4, 0.5) is 13.2 Å². The summed E-state index contributed by atoms with van der Waals surface area (Å²) < 4.78 is 35.9. The van der Waals surface area contributed by atoms with Crippen LogP contribution in [0.1, 0.15) is 33.1 Å². The number of likely N-dealkylation sites (tertiary alicyclic amines) is 1. The summed E-state index contributed by atoms with van der Waals surface area (Å²) >= 11 is 0. The van der Waals surface area contributed by atoms with E-state index < -0.39 is 12.6 Å². The Bertz CT molecular complexity index is 190. The van der Waals surface area contributed by atoms with Crippen LogP contribution in [-0.4, -0.2) is 30.7 Å². The summed E-state index contributed by atoms with van der Waals surface area (Å²) in [6.07, 6.45) is -2.60. The van der Waals surface area contributed by atoms with Gasteiger partial charge in [-0.3, -0.25) is 0 Å². The molecule has 0 bridgehead atoms. The minimum atomic E-state index is -4.01. The lowest BCUT2D eigenvalue weighted by Gasteiger charge is -2.23. The van der Waals surface area contributed by atoms with Gasteiger partial charge in [0, 0.05) is 13.1 Å². The topological polar surface area (TPSA) is 3.24 Å². The maximum atomic E-state index is 12.0. The van der Waals surface area contributed by atoms with Crippen LogP contribution in [0.3, 0.4) is 0 Å². The molecule has 0 saturated carbocycles. The van der Waals surface area contributed by atoms with Crippen molar-refractivity contribution in [2.45, 2.75) is 39.3 Å². The van der Waals surface area contributed by atoms with Crippen molar-refractivity contribution in [1.82, 2.24) is 4.90 Å². The predicted octanol–water partition coefficient (Wildman–Crippen LogP) is 3.06. The molecule has 1 unspecified atom stereocenters. The van der Waals surface area contributed by atoms with Gasteiger partial charge in [-0.25, -0.2) is 0 Å². The van der Waals surface area contributed by atoms with Gasteiger partial charge < -0.3 is 4.90 Å². The minimum absolute atomic E-state index is 0.166. The molecule has 0 radical (unpaired) electrons. The summed E-state index contributed by atoms with van der Waals surface area (Å²) in [5.41, 5.74) is 0.242. The predicted molar refractivity (Wildman–Crippen MR) is 50.1 cm³/mol. The third-order valence-electron chi connectivity index (χ3n) is 3.20. The summed E-state index contributed by atoms with van der Waals surface area (Å²) in [4.78, 5) is 1.93. The highest BCUT2D eigenvalue weighted by Crippen LogP contribution is 2.33. The summed E-state index contributed by atoms with van der Waals surface area (Å²) in [5, 5.41) is 0. The minimum Gasteiger partial charge on any atom is -0.302 e. The molecule has 0 N–H and O–H groups in total. The van der Waals surface area contributed by atoms with Crippen LogP contribution in [0.15, 0.2) is 0 Å². The number of nitrogens with zero attached hydrogens (tertiary/aromatic N) is 1. The van der Waals surface area contributed by atoms with E-state index in [0.29, 0.717) is 0 Å². The third kappa shape index (κ3) is 3.48. The summed E-state index contributed by atoms with van der Waals surface area (Å²) in [6, 6.07) is 0. The van der Waals surface area contributed by atoms with Gasteiger partial charge in [-0.2, -0.15) is 13.2 Å². The molecular formula is C10H18F3N. The quantitative estimate of drug-likeness (QED) is 0.690. The number of hydrogen-bond donors (Lipinski definition) is 0. The van der Waals surface area contributed by atoms with Crippen LogP contribution < -0.4 is 0 Å². The molecule has 14 heavy (non-hydrogen) atoms. The summed E-state index contributed by atoms with van der Waals surface area (Å²) in [7, 11) is 0. The Kier molecular flexibility index (Phi) is 3.45. The summed E-state index contributed by atoms with van der Waals surface area (Å²) in [6.45, 7) is 6.06. The first-order chi connectivity index (χ1) is 6.35. The molecule has 1 saturated heterocycles. The Balaban J connectivity index is 2.30. The Labute approximate surface area is 83.3 Å². The third-order valence-corrected chi connectivity index (χ3v) is 3.20. The second kappa shape index (κ2) is 4.09. The average Bonchev–Trinajstić information content (AvgIpc) is 2.44. The van der Waals surface area contributed by atoms with E-state index in [1.54, 1.807) is 0 Å². The fourth-order valence-electron chi connectivity index (χ4n) is 1.89. The number of hydrogen-bond acceptors (Lipinski definition) is 1.